The molecule has 1 saturated carbocycles. The van der Waals surface area contributed by atoms with E-state index in [0.29, 0.717) is 19.4 Å². The second-order valence-electron chi connectivity index (χ2n) is 4.02. The van der Waals surface area contributed by atoms with E-state index in [9.17, 15) is 9.59 Å². The Morgan fingerprint density at radius 2 is 2.07 bits per heavy atom. The highest BCUT2D eigenvalue weighted by atomic mass is 16.6. The van der Waals surface area contributed by atoms with Gasteiger partial charge in [0, 0.05) is 6.42 Å². The fourth-order valence-electron chi connectivity index (χ4n) is 2.40. The van der Waals surface area contributed by atoms with Crippen LogP contribution in [-0.2, 0) is 23.8 Å². The molecule has 2 rings (SSSR count). The highest BCUT2D eigenvalue weighted by Gasteiger charge is 2.67. The highest BCUT2D eigenvalue weighted by molar-refractivity contribution is 6.10. The second kappa shape index (κ2) is 3.28. The Balaban J connectivity index is 2.45. The Morgan fingerprint density at radius 3 is 2.73 bits per heavy atom. The molecule has 0 spiro atoms. The number of ether oxygens (including phenoxy) is 3. The van der Waals surface area contributed by atoms with Crippen molar-refractivity contribution in [3.8, 4) is 0 Å². The van der Waals surface area contributed by atoms with E-state index >= 15 is 0 Å². The van der Waals surface area contributed by atoms with E-state index in [2.05, 4.69) is 4.74 Å². The molecular weight excluding hydrogens is 200 g/mol. The van der Waals surface area contributed by atoms with E-state index in [4.69, 9.17) is 9.47 Å². The summed E-state index contributed by atoms with van der Waals surface area (Å²) < 4.78 is 15.6. The predicted octanol–water partition coefficient (Wildman–Crippen LogP) is 0.0666. The summed E-state index contributed by atoms with van der Waals surface area (Å²) in [4.78, 5) is 23.6. The molecule has 5 nitrogen and oxygen atoms in total. The van der Waals surface area contributed by atoms with E-state index < -0.39 is 17.2 Å². The zero-order valence-electron chi connectivity index (χ0n) is 8.87. The molecule has 0 aromatic heterocycles. The van der Waals surface area contributed by atoms with Crippen LogP contribution in [0.25, 0.3) is 0 Å². The Bertz CT molecular complexity index is 313. The molecule has 1 saturated heterocycles. The molecule has 0 amide bonds. The molecule has 1 aliphatic carbocycles. The van der Waals surface area contributed by atoms with Gasteiger partial charge >= 0.3 is 5.97 Å². The van der Waals surface area contributed by atoms with Gasteiger partial charge in [-0.1, -0.05) is 0 Å². The summed E-state index contributed by atoms with van der Waals surface area (Å²) in [6.45, 7) is 2.38. The normalized spacial score (nSPS) is 40.0. The molecule has 84 valence electrons. The summed E-state index contributed by atoms with van der Waals surface area (Å²) in [5.74, 6) is -0.885. The summed E-state index contributed by atoms with van der Waals surface area (Å²) in [7, 11) is 1.25. The lowest BCUT2D eigenvalue weighted by Crippen LogP contribution is -2.64. The van der Waals surface area contributed by atoms with Crippen molar-refractivity contribution in [3.05, 3.63) is 0 Å². The molecule has 1 heterocycles. The molecule has 15 heavy (non-hydrogen) atoms. The molecule has 0 bridgehead atoms. The monoisotopic (exact) mass is 214 g/mol. The van der Waals surface area contributed by atoms with E-state index in [1.807, 2.05) is 0 Å². The first kappa shape index (κ1) is 10.6. The molecule has 0 aromatic rings. The fourth-order valence-corrected chi connectivity index (χ4v) is 2.40. The van der Waals surface area contributed by atoms with Crippen molar-refractivity contribution in [1.29, 1.82) is 0 Å². The quantitative estimate of drug-likeness (QED) is 0.456. The molecule has 5 heteroatoms. The van der Waals surface area contributed by atoms with E-state index in [0.717, 1.165) is 0 Å². The minimum atomic E-state index is -1.53. The number of carbonyl (C=O) groups excluding carboxylic acids is 2. The number of fused-ring (bicyclic) bond motifs is 1. The largest absolute Gasteiger partial charge is 0.466 e. The lowest BCUT2D eigenvalue weighted by Gasteiger charge is -2.42. The summed E-state index contributed by atoms with van der Waals surface area (Å²) in [5, 5.41) is 0. The van der Waals surface area contributed by atoms with Crippen molar-refractivity contribution in [2.24, 2.45) is 0 Å². The summed E-state index contributed by atoms with van der Waals surface area (Å²) in [5.41, 5.74) is -2.39. The Morgan fingerprint density at radius 1 is 1.40 bits per heavy atom. The third-order valence-corrected chi connectivity index (χ3v) is 3.26. The van der Waals surface area contributed by atoms with Crippen LogP contribution in [0.2, 0.25) is 0 Å². The molecule has 1 aliphatic heterocycles. The maximum absolute atomic E-state index is 11.8. The Labute approximate surface area is 87.7 Å². The number of carbonyl (C=O) groups is 2. The summed E-state index contributed by atoms with van der Waals surface area (Å²) in [6, 6.07) is 0. The molecule has 2 fully saturated rings. The maximum atomic E-state index is 11.8. The van der Waals surface area contributed by atoms with Crippen LogP contribution in [0, 0.1) is 0 Å². The van der Waals surface area contributed by atoms with Crippen molar-refractivity contribution in [2.45, 2.75) is 31.0 Å². The molecule has 0 N–H and O–H groups in total. The van der Waals surface area contributed by atoms with Gasteiger partial charge in [0.25, 0.3) is 5.60 Å². The molecule has 0 aromatic carbocycles. The van der Waals surface area contributed by atoms with E-state index in [1.165, 1.54) is 7.11 Å². The first-order valence-electron chi connectivity index (χ1n) is 4.96. The molecule has 0 unspecified atom stereocenters. The SMILES string of the molecule is COC(=O)[C@]12OCCO[C@@]1(C)CCC2=O. The third-order valence-electron chi connectivity index (χ3n) is 3.26. The first-order valence-corrected chi connectivity index (χ1v) is 4.96. The average molecular weight is 214 g/mol. The number of esters is 1. The lowest BCUT2D eigenvalue weighted by atomic mass is 9.85. The fraction of sp³-hybridized carbons (Fsp3) is 0.800. The number of methoxy groups -OCH3 is 1. The first-order chi connectivity index (χ1) is 7.07. The summed E-state index contributed by atoms with van der Waals surface area (Å²) >= 11 is 0. The highest BCUT2D eigenvalue weighted by Crippen LogP contribution is 2.45. The van der Waals surface area contributed by atoms with Crippen LogP contribution in [0.15, 0.2) is 0 Å². The summed E-state index contributed by atoms with van der Waals surface area (Å²) in [6.07, 6.45) is 0.798. The standard InChI is InChI=1S/C10H14O5/c1-9-4-3-7(11)10(9,8(12)13-2)15-6-5-14-9/h3-6H2,1-2H3/t9-,10-/m0/s1. The molecule has 2 aliphatic rings. The van der Waals surface area contributed by atoms with Crippen LogP contribution in [-0.4, -0.2) is 43.3 Å². The van der Waals surface area contributed by atoms with Gasteiger partial charge in [-0.3, -0.25) is 4.79 Å². The Hall–Kier alpha value is -0.940. The van der Waals surface area contributed by atoms with Crippen LogP contribution in [0.4, 0.5) is 0 Å². The zero-order valence-corrected chi connectivity index (χ0v) is 8.87. The topological polar surface area (TPSA) is 61.8 Å². The van der Waals surface area contributed by atoms with Gasteiger partial charge in [0.15, 0.2) is 5.78 Å². The second-order valence-corrected chi connectivity index (χ2v) is 4.02. The van der Waals surface area contributed by atoms with Crippen molar-refractivity contribution < 1.29 is 23.8 Å². The van der Waals surface area contributed by atoms with Gasteiger partial charge < -0.3 is 14.2 Å². The van der Waals surface area contributed by atoms with Gasteiger partial charge in [0.2, 0.25) is 0 Å². The van der Waals surface area contributed by atoms with Gasteiger partial charge in [-0.2, -0.15) is 0 Å². The lowest BCUT2D eigenvalue weighted by molar-refractivity contribution is -0.238. The van der Waals surface area contributed by atoms with Crippen LogP contribution >= 0.6 is 0 Å². The van der Waals surface area contributed by atoms with Gasteiger partial charge in [0.05, 0.1) is 20.3 Å². The Kier molecular flexibility index (Phi) is 2.31. The van der Waals surface area contributed by atoms with Crippen LogP contribution < -0.4 is 0 Å². The number of hydrogen-bond acceptors (Lipinski definition) is 5. The third kappa shape index (κ3) is 1.16. The van der Waals surface area contributed by atoms with Crippen LogP contribution in [0.1, 0.15) is 19.8 Å². The number of ketones is 1. The van der Waals surface area contributed by atoms with Crippen LogP contribution in [0.3, 0.4) is 0 Å². The van der Waals surface area contributed by atoms with E-state index in [1.54, 1.807) is 6.92 Å². The van der Waals surface area contributed by atoms with Crippen molar-refractivity contribution in [3.63, 3.8) is 0 Å². The average Bonchev–Trinajstić information content (AvgIpc) is 2.52. The van der Waals surface area contributed by atoms with Gasteiger partial charge in [-0.15, -0.1) is 0 Å². The minimum Gasteiger partial charge on any atom is -0.466 e. The smallest absolute Gasteiger partial charge is 0.349 e. The number of rotatable bonds is 1. The maximum Gasteiger partial charge on any atom is 0.349 e. The van der Waals surface area contributed by atoms with Gasteiger partial charge in [-0.25, -0.2) is 4.79 Å². The van der Waals surface area contributed by atoms with E-state index in [-0.39, 0.29) is 12.4 Å². The van der Waals surface area contributed by atoms with Crippen molar-refractivity contribution >= 4 is 11.8 Å². The van der Waals surface area contributed by atoms with Crippen LogP contribution in [0.5, 0.6) is 0 Å². The van der Waals surface area contributed by atoms with Gasteiger partial charge in [-0.05, 0) is 13.3 Å². The van der Waals surface area contributed by atoms with Gasteiger partial charge in [0.1, 0.15) is 5.60 Å². The zero-order chi connectivity index (χ0) is 11.1. The predicted molar refractivity (Wildman–Crippen MR) is 49.3 cm³/mol. The number of Topliss-reactive ketones (excluding diaryl/α,β-unsaturated/α-hetero) is 1. The van der Waals surface area contributed by atoms with Crippen molar-refractivity contribution in [1.82, 2.24) is 0 Å². The molecule has 2 atom stereocenters. The molecule has 0 radical (unpaired) electrons. The molecular formula is C10H14O5. The number of hydrogen-bond donors (Lipinski definition) is 0. The minimum absolute atomic E-state index is 0.239. The van der Waals surface area contributed by atoms with Crippen molar-refractivity contribution in [2.75, 3.05) is 20.3 Å².